The molecule has 2 amide bonds. The van der Waals surface area contributed by atoms with Crippen LogP contribution in [0.2, 0.25) is 0 Å². The summed E-state index contributed by atoms with van der Waals surface area (Å²) in [6.07, 6.45) is 1.81. The van der Waals surface area contributed by atoms with Crippen molar-refractivity contribution < 1.29 is 14.3 Å². The Labute approximate surface area is 154 Å². The maximum atomic E-state index is 11.9. The molecule has 0 atom stereocenters. The molecule has 0 fully saturated rings. The molecule has 0 unspecified atom stereocenters. The summed E-state index contributed by atoms with van der Waals surface area (Å²) >= 11 is 0. The minimum absolute atomic E-state index is 0. The number of ether oxygens (including phenoxy) is 2. The van der Waals surface area contributed by atoms with Crippen LogP contribution in [-0.4, -0.2) is 19.2 Å². The van der Waals surface area contributed by atoms with Gasteiger partial charge < -0.3 is 32.0 Å². The number of hydrogen-bond acceptors (Lipinski definition) is 5. The molecule has 0 radical (unpaired) electrons. The Morgan fingerprint density at radius 3 is 2.27 bits per heavy atom. The summed E-state index contributed by atoms with van der Waals surface area (Å²) in [7, 11) is 1.56. The smallest absolute Gasteiger partial charge is 0.319 e. The number of urea groups is 1. The van der Waals surface area contributed by atoms with E-state index in [0.717, 1.165) is 12.8 Å². The van der Waals surface area contributed by atoms with Crippen LogP contribution in [0.3, 0.4) is 0 Å². The maximum absolute atomic E-state index is 11.9. The molecule has 142 valence electrons. The van der Waals surface area contributed by atoms with Crippen molar-refractivity contribution in [3.05, 3.63) is 42.5 Å². The van der Waals surface area contributed by atoms with Gasteiger partial charge in [-0.3, -0.25) is 0 Å². The first kappa shape index (κ1) is 21.1. The van der Waals surface area contributed by atoms with Crippen LogP contribution in [0, 0.1) is 0 Å². The Bertz CT molecular complexity index is 700. The van der Waals surface area contributed by atoms with Crippen LogP contribution >= 0.6 is 0 Å². The van der Waals surface area contributed by atoms with Crippen LogP contribution in [0.15, 0.2) is 42.5 Å². The summed E-state index contributed by atoms with van der Waals surface area (Å²) in [5.41, 5.74) is 7.04. The molecule has 0 aromatic heterocycles. The van der Waals surface area contributed by atoms with Gasteiger partial charge in [-0.25, -0.2) is 4.79 Å². The lowest BCUT2D eigenvalue weighted by molar-refractivity contribution is 0.247. The van der Waals surface area contributed by atoms with Gasteiger partial charge >= 0.3 is 6.03 Å². The SMILES string of the molecule is CCC(CC)NC(=O)Nc1ccc(Oc2ccc(N)c(OC)c2)cc1.N. The summed E-state index contributed by atoms with van der Waals surface area (Å²) < 4.78 is 10.9. The minimum Gasteiger partial charge on any atom is -0.494 e. The normalized spacial score (nSPS) is 10.0. The second kappa shape index (κ2) is 10.1. The first-order chi connectivity index (χ1) is 12.0. The number of anilines is 2. The van der Waals surface area contributed by atoms with E-state index >= 15 is 0 Å². The molecule has 0 bridgehead atoms. The molecule has 0 aliphatic heterocycles. The Morgan fingerprint density at radius 1 is 1.08 bits per heavy atom. The van der Waals surface area contributed by atoms with Crippen LogP contribution in [0.5, 0.6) is 17.2 Å². The Balaban J connectivity index is 0.00000338. The van der Waals surface area contributed by atoms with Gasteiger partial charge in [-0.05, 0) is 49.2 Å². The highest BCUT2D eigenvalue weighted by molar-refractivity contribution is 5.89. The van der Waals surface area contributed by atoms with E-state index < -0.39 is 0 Å². The molecule has 0 aliphatic carbocycles. The fourth-order valence-corrected chi connectivity index (χ4v) is 2.34. The lowest BCUT2D eigenvalue weighted by atomic mass is 10.2. The summed E-state index contributed by atoms with van der Waals surface area (Å²) in [6.45, 7) is 4.10. The van der Waals surface area contributed by atoms with Gasteiger partial charge in [0.15, 0.2) is 0 Å². The molecular weight excluding hydrogens is 332 g/mol. The van der Waals surface area contributed by atoms with E-state index in [9.17, 15) is 4.79 Å². The quantitative estimate of drug-likeness (QED) is 0.540. The summed E-state index contributed by atoms with van der Waals surface area (Å²) in [6, 6.07) is 12.4. The molecule has 0 spiro atoms. The van der Waals surface area contributed by atoms with Crippen molar-refractivity contribution in [2.75, 3.05) is 18.2 Å². The number of nitrogens with one attached hydrogen (secondary N) is 2. The lowest BCUT2D eigenvalue weighted by Gasteiger charge is -2.15. The predicted molar refractivity (Wildman–Crippen MR) is 105 cm³/mol. The maximum Gasteiger partial charge on any atom is 0.319 e. The molecule has 7 N–H and O–H groups in total. The predicted octanol–water partition coefficient (Wildman–Crippen LogP) is 4.54. The highest BCUT2D eigenvalue weighted by Crippen LogP contribution is 2.30. The number of carbonyl (C=O) groups is 1. The molecular formula is C19H28N4O3. The number of benzene rings is 2. The third-order valence-electron chi connectivity index (χ3n) is 3.87. The molecule has 2 rings (SSSR count). The number of nitrogens with two attached hydrogens (primary N) is 1. The van der Waals surface area contributed by atoms with Crippen molar-refractivity contribution in [3.8, 4) is 17.2 Å². The average Bonchev–Trinajstić information content (AvgIpc) is 2.63. The standard InChI is InChI=1S/C19H25N3O3.H3N/c1-4-13(5-2)21-19(23)22-14-6-8-15(9-7-14)25-16-10-11-17(20)18(12-16)24-3;/h6-13H,4-5,20H2,1-3H3,(H2,21,22,23);1H3. The van der Waals surface area contributed by atoms with Crippen molar-refractivity contribution in [1.29, 1.82) is 0 Å². The minimum atomic E-state index is -0.203. The molecule has 7 nitrogen and oxygen atoms in total. The molecule has 0 aliphatic rings. The van der Waals surface area contributed by atoms with Gasteiger partial charge in [-0.15, -0.1) is 0 Å². The van der Waals surface area contributed by atoms with Gasteiger partial charge in [-0.1, -0.05) is 13.8 Å². The third kappa shape index (κ3) is 5.86. The van der Waals surface area contributed by atoms with Crippen LogP contribution in [0.25, 0.3) is 0 Å². The van der Waals surface area contributed by atoms with E-state index in [1.807, 2.05) is 13.8 Å². The fraction of sp³-hybridized carbons (Fsp3) is 0.316. The Morgan fingerprint density at radius 2 is 1.69 bits per heavy atom. The van der Waals surface area contributed by atoms with Crippen molar-refractivity contribution in [2.24, 2.45) is 0 Å². The van der Waals surface area contributed by atoms with Crippen LogP contribution in [0.4, 0.5) is 16.2 Å². The van der Waals surface area contributed by atoms with Gasteiger partial charge in [0.1, 0.15) is 17.2 Å². The first-order valence-corrected chi connectivity index (χ1v) is 8.34. The van der Waals surface area contributed by atoms with Crippen molar-refractivity contribution in [3.63, 3.8) is 0 Å². The van der Waals surface area contributed by atoms with E-state index in [0.29, 0.717) is 28.6 Å². The van der Waals surface area contributed by atoms with E-state index in [2.05, 4.69) is 10.6 Å². The fourth-order valence-electron chi connectivity index (χ4n) is 2.34. The third-order valence-corrected chi connectivity index (χ3v) is 3.87. The summed E-state index contributed by atoms with van der Waals surface area (Å²) in [4.78, 5) is 11.9. The number of amides is 2. The van der Waals surface area contributed by atoms with Crippen LogP contribution < -0.4 is 32.0 Å². The number of nitrogen functional groups attached to an aromatic ring is 1. The van der Waals surface area contributed by atoms with Gasteiger partial charge in [0.05, 0.1) is 12.8 Å². The Hall–Kier alpha value is -2.93. The summed E-state index contributed by atoms with van der Waals surface area (Å²) in [5.74, 6) is 1.84. The van der Waals surface area contributed by atoms with E-state index in [4.69, 9.17) is 15.2 Å². The first-order valence-electron chi connectivity index (χ1n) is 8.34. The van der Waals surface area contributed by atoms with E-state index in [-0.39, 0.29) is 18.2 Å². The number of methoxy groups -OCH3 is 1. The molecule has 0 saturated heterocycles. The van der Waals surface area contributed by atoms with Crippen molar-refractivity contribution >= 4 is 17.4 Å². The monoisotopic (exact) mass is 360 g/mol. The molecule has 0 heterocycles. The van der Waals surface area contributed by atoms with Gasteiger partial charge in [0, 0.05) is 17.8 Å². The zero-order valence-electron chi connectivity index (χ0n) is 15.5. The summed E-state index contributed by atoms with van der Waals surface area (Å²) in [5, 5.41) is 5.75. The van der Waals surface area contributed by atoms with Gasteiger partial charge in [0.25, 0.3) is 0 Å². The molecule has 26 heavy (non-hydrogen) atoms. The molecule has 2 aromatic rings. The zero-order chi connectivity index (χ0) is 18.2. The van der Waals surface area contributed by atoms with Crippen molar-refractivity contribution in [1.82, 2.24) is 11.5 Å². The topological polar surface area (TPSA) is 121 Å². The number of carbonyl (C=O) groups excluding carboxylic acids is 1. The second-order valence-corrected chi connectivity index (χ2v) is 5.64. The van der Waals surface area contributed by atoms with Crippen LogP contribution in [-0.2, 0) is 0 Å². The second-order valence-electron chi connectivity index (χ2n) is 5.64. The highest BCUT2D eigenvalue weighted by atomic mass is 16.5. The van der Waals surface area contributed by atoms with Crippen LogP contribution in [0.1, 0.15) is 26.7 Å². The van der Waals surface area contributed by atoms with E-state index in [1.165, 1.54) is 0 Å². The number of hydrogen-bond donors (Lipinski definition) is 4. The van der Waals surface area contributed by atoms with E-state index in [1.54, 1.807) is 49.6 Å². The molecule has 7 heteroatoms. The molecule has 2 aromatic carbocycles. The van der Waals surface area contributed by atoms with Crippen molar-refractivity contribution in [2.45, 2.75) is 32.7 Å². The Kier molecular flexibility index (Phi) is 8.24. The lowest BCUT2D eigenvalue weighted by Crippen LogP contribution is -2.37. The van der Waals surface area contributed by atoms with Gasteiger partial charge in [-0.2, -0.15) is 0 Å². The highest BCUT2D eigenvalue weighted by Gasteiger charge is 2.08. The zero-order valence-corrected chi connectivity index (χ0v) is 15.5. The number of rotatable bonds is 7. The average molecular weight is 360 g/mol. The molecule has 0 saturated carbocycles. The largest absolute Gasteiger partial charge is 0.494 e. The van der Waals surface area contributed by atoms with Gasteiger partial charge in [0.2, 0.25) is 0 Å².